The fourth-order valence-corrected chi connectivity index (χ4v) is 2.35. The zero-order valence-corrected chi connectivity index (χ0v) is 11.1. The van der Waals surface area contributed by atoms with Gasteiger partial charge in [0.2, 0.25) is 5.91 Å². The first-order valence-electron chi connectivity index (χ1n) is 6.37. The van der Waals surface area contributed by atoms with E-state index >= 15 is 0 Å². The van der Waals surface area contributed by atoms with E-state index < -0.39 is 0 Å². The number of benzene rings is 1. The molecule has 0 aliphatic heterocycles. The number of hydrogen-bond donors (Lipinski definition) is 2. The minimum absolute atomic E-state index is 0. The van der Waals surface area contributed by atoms with Crippen LogP contribution in [0.1, 0.15) is 41.1 Å². The molecule has 0 radical (unpaired) electrons. The van der Waals surface area contributed by atoms with Crippen LogP contribution in [0.25, 0.3) is 0 Å². The lowest BCUT2D eigenvalue weighted by Crippen LogP contribution is -2.20. The number of hydrogen-bond acceptors (Lipinski definition) is 2. The molecule has 0 bridgehead atoms. The predicted molar refractivity (Wildman–Crippen MR) is 74.1 cm³/mol. The van der Waals surface area contributed by atoms with Crippen LogP contribution in [0.15, 0.2) is 24.3 Å². The van der Waals surface area contributed by atoms with Crippen molar-refractivity contribution in [2.45, 2.75) is 31.2 Å². The van der Waals surface area contributed by atoms with Gasteiger partial charge < -0.3 is 11.1 Å². The Morgan fingerprint density at radius 1 is 1.39 bits per heavy atom. The molecule has 0 spiro atoms. The van der Waals surface area contributed by atoms with E-state index in [2.05, 4.69) is 11.4 Å². The summed E-state index contributed by atoms with van der Waals surface area (Å²) in [6, 6.07) is 8.34. The zero-order valence-electron chi connectivity index (χ0n) is 10.3. The molecule has 0 saturated heterocycles. The molecule has 3 nitrogen and oxygen atoms in total. The van der Waals surface area contributed by atoms with Crippen LogP contribution in [0, 0.1) is 5.92 Å². The van der Waals surface area contributed by atoms with E-state index in [-0.39, 0.29) is 18.3 Å². The Bertz CT molecular complexity index is 445. The van der Waals surface area contributed by atoms with Gasteiger partial charge in [0.15, 0.2) is 0 Å². The van der Waals surface area contributed by atoms with Crippen molar-refractivity contribution in [2.24, 2.45) is 11.7 Å². The average molecular weight is 267 g/mol. The first-order chi connectivity index (χ1) is 8.24. The van der Waals surface area contributed by atoms with Crippen molar-refractivity contribution in [3.63, 3.8) is 0 Å². The summed E-state index contributed by atoms with van der Waals surface area (Å²) in [7, 11) is 0. The Morgan fingerprint density at radius 2 is 2.17 bits per heavy atom. The molecular formula is C14H19ClN2O. The summed E-state index contributed by atoms with van der Waals surface area (Å²) >= 11 is 0. The molecular weight excluding hydrogens is 248 g/mol. The molecule has 1 aromatic rings. The molecule has 0 aromatic heterocycles. The maximum Gasteiger partial charge on any atom is 0.248 e. The first-order valence-corrected chi connectivity index (χ1v) is 6.37. The number of carbonyl (C=O) groups is 1. The van der Waals surface area contributed by atoms with Gasteiger partial charge in [0.1, 0.15) is 0 Å². The SMILES string of the molecule is Cl.NC(=O)c1cccc(C2CC2NCC2CC2)c1. The van der Waals surface area contributed by atoms with Crippen LogP contribution in [0.3, 0.4) is 0 Å². The highest BCUT2D eigenvalue weighted by Gasteiger charge is 2.39. The van der Waals surface area contributed by atoms with Crippen molar-refractivity contribution in [1.29, 1.82) is 0 Å². The van der Waals surface area contributed by atoms with Gasteiger partial charge in [-0.1, -0.05) is 12.1 Å². The highest BCUT2D eigenvalue weighted by atomic mass is 35.5. The lowest BCUT2D eigenvalue weighted by molar-refractivity contribution is 0.1000. The van der Waals surface area contributed by atoms with Gasteiger partial charge in [-0.05, 0) is 49.4 Å². The molecule has 1 aromatic carbocycles. The van der Waals surface area contributed by atoms with E-state index in [0.29, 0.717) is 17.5 Å². The monoisotopic (exact) mass is 266 g/mol. The van der Waals surface area contributed by atoms with Crippen LogP contribution in [-0.4, -0.2) is 18.5 Å². The van der Waals surface area contributed by atoms with E-state index in [4.69, 9.17) is 5.73 Å². The van der Waals surface area contributed by atoms with Crippen LogP contribution in [0.4, 0.5) is 0 Å². The lowest BCUT2D eigenvalue weighted by Gasteiger charge is -2.04. The molecule has 2 fully saturated rings. The Balaban J connectivity index is 0.00000120. The van der Waals surface area contributed by atoms with E-state index in [1.165, 1.54) is 24.8 Å². The number of halogens is 1. The molecule has 2 atom stereocenters. The fraction of sp³-hybridized carbons (Fsp3) is 0.500. The molecule has 4 heteroatoms. The molecule has 18 heavy (non-hydrogen) atoms. The normalized spacial score (nSPS) is 25.3. The summed E-state index contributed by atoms with van der Waals surface area (Å²) in [5.41, 5.74) is 7.16. The minimum Gasteiger partial charge on any atom is -0.366 e. The van der Waals surface area contributed by atoms with Gasteiger partial charge in [0.25, 0.3) is 0 Å². The molecule has 3 rings (SSSR count). The van der Waals surface area contributed by atoms with Crippen molar-refractivity contribution in [3.8, 4) is 0 Å². The van der Waals surface area contributed by atoms with Crippen molar-refractivity contribution >= 4 is 18.3 Å². The maximum absolute atomic E-state index is 11.1. The van der Waals surface area contributed by atoms with Gasteiger partial charge in [0, 0.05) is 17.5 Å². The number of rotatable bonds is 5. The average Bonchev–Trinajstić information content (AvgIpc) is 3.21. The quantitative estimate of drug-likeness (QED) is 0.857. The van der Waals surface area contributed by atoms with Gasteiger partial charge >= 0.3 is 0 Å². The summed E-state index contributed by atoms with van der Waals surface area (Å²) in [6.07, 6.45) is 3.97. The number of primary amides is 1. The zero-order chi connectivity index (χ0) is 11.8. The van der Waals surface area contributed by atoms with Crippen LogP contribution in [0.5, 0.6) is 0 Å². The molecule has 0 heterocycles. The standard InChI is InChI=1S/C14H18N2O.ClH/c15-14(17)11-3-1-2-10(6-11)12-7-13(12)16-8-9-4-5-9;/h1-3,6,9,12-13,16H,4-5,7-8H2,(H2,15,17);1H. The molecule has 2 unspecified atom stereocenters. The number of carbonyl (C=O) groups excluding carboxylic acids is 1. The van der Waals surface area contributed by atoms with Gasteiger partial charge in [-0.3, -0.25) is 4.79 Å². The van der Waals surface area contributed by atoms with Gasteiger partial charge in [-0.25, -0.2) is 0 Å². The fourth-order valence-electron chi connectivity index (χ4n) is 2.35. The molecule has 3 N–H and O–H groups in total. The Kier molecular flexibility index (Phi) is 3.93. The second kappa shape index (κ2) is 5.29. The third-order valence-electron chi connectivity index (χ3n) is 3.76. The van der Waals surface area contributed by atoms with E-state index in [0.717, 1.165) is 12.5 Å². The van der Waals surface area contributed by atoms with Crippen molar-refractivity contribution in [3.05, 3.63) is 35.4 Å². The molecule has 1 amide bonds. The Labute approximate surface area is 114 Å². The van der Waals surface area contributed by atoms with Gasteiger partial charge in [-0.2, -0.15) is 0 Å². The second-order valence-corrected chi connectivity index (χ2v) is 5.29. The third-order valence-corrected chi connectivity index (χ3v) is 3.76. The van der Waals surface area contributed by atoms with Gasteiger partial charge in [-0.15, -0.1) is 12.4 Å². The highest BCUT2D eigenvalue weighted by Crippen LogP contribution is 2.41. The molecule has 2 saturated carbocycles. The molecule has 98 valence electrons. The Morgan fingerprint density at radius 3 is 2.83 bits per heavy atom. The number of nitrogens with one attached hydrogen (secondary N) is 1. The van der Waals surface area contributed by atoms with Crippen LogP contribution < -0.4 is 11.1 Å². The summed E-state index contributed by atoms with van der Waals surface area (Å²) < 4.78 is 0. The topological polar surface area (TPSA) is 55.1 Å². The van der Waals surface area contributed by atoms with Crippen LogP contribution in [-0.2, 0) is 0 Å². The Hall–Kier alpha value is -1.06. The van der Waals surface area contributed by atoms with E-state index in [1.807, 2.05) is 12.1 Å². The van der Waals surface area contributed by atoms with Crippen molar-refractivity contribution in [1.82, 2.24) is 5.32 Å². The van der Waals surface area contributed by atoms with Gasteiger partial charge in [0.05, 0.1) is 0 Å². The van der Waals surface area contributed by atoms with Crippen molar-refractivity contribution < 1.29 is 4.79 Å². The summed E-state index contributed by atoms with van der Waals surface area (Å²) in [5.74, 6) is 1.16. The van der Waals surface area contributed by atoms with Crippen LogP contribution in [0.2, 0.25) is 0 Å². The molecule has 2 aliphatic carbocycles. The summed E-state index contributed by atoms with van der Waals surface area (Å²) in [5, 5.41) is 3.60. The van der Waals surface area contributed by atoms with E-state index in [9.17, 15) is 4.79 Å². The highest BCUT2D eigenvalue weighted by molar-refractivity contribution is 5.92. The first kappa shape index (κ1) is 13.4. The predicted octanol–water partition coefficient (Wildman–Crippen LogP) is 2.06. The smallest absolute Gasteiger partial charge is 0.248 e. The van der Waals surface area contributed by atoms with Crippen molar-refractivity contribution in [2.75, 3.05) is 6.54 Å². The summed E-state index contributed by atoms with van der Waals surface area (Å²) in [4.78, 5) is 11.1. The molecule has 2 aliphatic rings. The minimum atomic E-state index is -0.338. The third kappa shape index (κ3) is 3.03. The number of amides is 1. The maximum atomic E-state index is 11.1. The largest absolute Gasteiger partial charge is 0.366 e. The second-order valence-electron chi connectivity index (χ2n) is 5.29. The van der Waals surface area contributed by atoms with E-state index in [1.54, 1.807) is 6.07 Å². The van der Waals surface area contributed by atoms with Crippen LogP contribution >= 0.6 is 12.4 Å². The number of nitrogens with two attached hydrogens (primary N) is 1. The summed E-state index contributed by atoms with van der Waals surface area (Å²) in [6.45, 7) is 1.16. The lowest BCUT2D eigenvalue weighted by atomic mass is 10.1.